The molecule has 0 saturated carbocycles. The van der Waals surface area contributed by atoms with Crippen LogP contribution in [0.3, 0.4) is 0 Å². The minimum atomic E-state index is -0.131. The van der Waals surface area contributed by atoms with E-state index in [1.165, 1.54) is 0 Å². The third-order valence-corrected chi connectivity index (χ3v) is 6.81. The fraction of sp³-hybridized carbons (Fsp3) is 0.261. The highest BCUT2D eigenvalue weighted by atomic mass is 79.9. The lowest BCUT2D eigenvalue weighted by Gasteiger charge is -2.26. The van der Waals surface area contributed by atoms with Crippen molar-refractivity contribution < 1.29 is 14.7 Å². The average Bonchev–Trinajstić information content (AvgIpc) is 3.55. The molecule has 2 fully saturated rings. The van der Waals surface area contributed by atoms with Crippen molar-refractivity contribution in [3.8, 4) is 5.88 Å². The van der Waals surface area contributed by atoms with Crippen LogP contribution < -0.4 is 5.32 Å². The van der Waals surface area contributed by atoms with Gasteiger partial charge in [0, 0.05) is 46.1 Å². The number of para-hydroxylation sites is 1. The number of nitrogens with one attached hydrogen (secondary N) is 2. The lowest BCUT2D eigenvalue weighted by atomic mass is 10.0. The van der Waals surface area contributed by atoms with Crippen LogP contribution in [-0.2, 0) is 9.63 Å². The Hall–Kier alpha value is -3.17. The average molecular weight is 494 g/mol. The Bertz CT molecular complexity index is 1310. The van der Waals surface area contributed by atoms with E-state index >= 15 is 0 Å². The Morgan fingerprint density at radius 2 is 2.19 bits per heavy atom. The smallest absolute Gasteiger partial charge is 0.263 e. The molecular weight excluding hydrogens is 474 g/mol. The fourth-order valence-corrected chi connectivity index (χ4v) is 5.19. The first kappa shape index (κ1) is 19.5. The number of aromatic nitrogens is 1. The molecule has 32 heavy (non-hydrogen) atoms. The van der Waals surface area contributed by atoms with Gasteiger partial charge in [0.1, 0.15) is 11.4 Å². The number of aromatic amines is 1. The van der Waals surface area contributed by atoms with Crippen molar-refractivity contribution in [1.82, 2.24) is 15.2 Å². The first-order valence-electron chi connectivity index (χ1n) is 10.5. The molecule has 1 amide bonds. The van der Waals surface area contributed by atoms with Crippen LogP contribution in [0.5, 0.6) is 5.88 Å². The lowest BCUT2D eigenvalue weighted by molar-refractivity contribution is -0.137. The predicted octanol–water partition coefficient (Wildman–Crippen LogP) is 3.06. The number of hydrogen-bond donors (Lipinski definition) is 3. The zero-order valence-electron chi connectivity index (χ0n) is 17.0. The van der Waals surface area contributed by atoms with E-state index in [-0.39, 0.29) is 24.4 Å². The number of carbonyl (C=O) groups excluding carboxylic acids is 1. The van der Waals surface area contributed by atoms with Gasteiger partial charge in [-0.1, -0.05) is 39.3 Å². The van der Waals surface area contributed by atoms with Crippen molar-refractivity contribution in [2.24, 2.45) is 10.1 Å². The number of aliphatic imine (C=N–C) groups is 1. The van der Waals surface area contributed by atoms with Crippen molar-refractivity contribution in [1.29, 1.82) is 0 Å². The standard InChI is InChI=1S/C23H20BrN5O3/c24-12-5-6-18-16(7-12)20(23(31)27-18)22-21(15-3-1-2-4-17(15)26-22)28-32-11-19(30)29-10-13-8-14(29)9-25-13/h1-7,13-14,25,27,31H,8-11H2/b28-21+/t13-,14-/m1/s1. The maximum atomic E-state index is 12.7. The molecule has 2 aromatic carbocycles. The van der Waals surface area contributed by atoms with E-state index < -0.39 is 0 Å². The number of benzene rings is 2. The number of H-pyrrole nitrogens is 1. The summed E-state index contributed by atoms with van der Waals surface area (Å²) in [4.78, 5) is 27.8. The quantitative estimate of drug-likeness (QED) is 0.486. The van der Waals surface area contributed by atoms with Crippen LogP contribution in [0.1, 0.15) is 17.5 Å². The first-order chi connectivity index (χ1) is 15.6. The van der Waals surface area contributed by atoms with Gasteiger partial charge in [-0.2, -0.15) is 0 Å². The summed E-state index contributed by atoms with van der Waals surface area (Å²) in [5.74, 6) is -0.0546. The van der Waals surface area contributed by atoms with Crippen LogP contribution >= 0.6 is 15.9 Å². The van der Waals surface area contributed by atoms with Crippen LogP contribution in [0.4, 0.5) is 5.69 Å². The number of piperazine rings is 1. The van der Waals surface area contributed by atoms with Crippen LogP contribution in [0.25, 0.3) is 10.9 Å². The van der Waals surface area contributed by atoms with Crippen molar-refractivity contribution >= 4 is 49.9 Å². The van der Waals surface area contributed by atoms with Crippen molar-refractivity contribution in [3.63, 3.8) is 0 Å². The van der Waals surface area contributed by atoms with Gasteiger partial charge in [-0.15, -0.1) is 0 Å². The van der Waals surface area contributed by atoms with E-state index in [0.29, 0.717) is 23.0 Å². The largest absolute Gasteiger partial charge is 0.494 e. The van der Waals surface area contributed by atoms with E-state index in [9.17, 15) is 9.90 Å². The van der Waals surface area contributed by atoms with Crippen molar-refractivity contribution in [3.05, 3.63) is 58.1 Å². The molecule has 4 heterocycles. The summed E-state index contributed by atoms with van der Waals surface area (Å²) in [6.45, 7) is 1.43. The Morgan fingerprint density at radius 3 is 3.00 bits per heavy atom. The Morgan fingerprint density at radius 1 is 1.31 bits per heavy atom. The van der Waals surface area contributed by atoms with E-state index in [0.717, 1.165) is 46.1 Å². The maximum absolute atomic E-state index is 12.7. The Labute approximate surface area is 192 Å². The summed E-state index contributed by atoms with van der Waals surface area (Å²) in [5, 5.41) is 19.2. The molecular formula is C23H20BrN5O3. The number of hydrogen-bond acceptors (Lipinski definition) is 6. The number of amides is 1. The molecule has 3 aliphatic heterocycles. The summed E-state index contributed by atoms with van der Waals surface area (Å²) < 4.78 is 0.885. The Kier molecular flexibility index (Phi) is 4.55. The summed E-state index contributed by atoms with van der Waals surface area (Å²) >= 11 is 3.49. The second kappa shape index (κ2) is 7.46. The zero-order chi connectivity index (χ0) is 21.8. The van der Waals surface area contributed by atoms with Gasteiger partial charge in [0.2, 0.25) is 0 Å². The number of aromatic hydroxyl groups is 1. The van der Waals surface area contributed by atoms with Gasteiger partial charge in [-0.25, -0.2) is 4.99 Å². The molecule has 162 valence electrons. The molecule has 2 atom stereocenters. The summed E-state index contributed by atoms with van der Waals surface area (Å²) in [7, 11) is 0. The number of nitrogens with zero attached hydrogens (tertiary/aromatic N) is 3. The molecule has 9 heteroatoms. The topological polar surface area (TPSA) is 102 Å². The first-order valence-corrected chi connectivity index (χ1v) is 11.3. The highest BCUT2D eigenvalue weighted by Crippen LogP contribution is 2.36. The van der Waals surface area contributed by atoms with Crippen LogP contribution in [0.2, 0.25) is 0 Å². The molecule has 2 bridgehead atoms. The van der Waals surface area contributed by atoms with E-state index in [1.807, 2.05) is 47.4 Å². The molecule has 3 aromatic rings. The highest BCUT2D eigenvalue weighted by Gasteiger charge is 2.40. The summed E-state index contributed by atoms with van der Waals surface area (Å²) in [6, 6.07) is 13.9. The number of halogens is 1. The minimum Gasteiger partial charge on any atom is -0.494 e. The summed E-state index contributed by atoms with van der Waals surface area (Å²) in [6.07, 6.45) is 1.000. The van der Waals surface area contributed by atoms with E-state index in [4.69, 9.17) is 9.83 Å². The van der Waals surface area contributed by atoms with Gasteiger partial charge in [0.25, 0.3) is 5.91 Å². The predicted molar refractivity (Wildman–Crippen MR) is 125 cm³/mol. The number of fused-ring (bicyclic) bond motifs is 4. The number of rotatable bonds is 4. The molecule has 0 unspecified atom stereocenters. The number of oxime groups is 1. The van der Waals surface area contributed by atoms with Gasteiger partial charge >= 0.3 is 0 Å². The highest BCUT2D eigenvalue weighted by molar-refractivity contribution is 9.10. The number of likely N-dealkylation sites (tertiary alicyclic amines) is 1. The molecule has 8 nitrogen and oxygen atoms in total. The summed E-state index contributed by atoms with van der Waals surface area (Å²) in [5.41, 5.74) is 3.87. The third-order valence-electron chi connectivity index (χ3n) is 6.31. The van der Waals surface area contributed by atoms with Crippen LogP contribution in [0, 0.1) is 0 Å². The second-order valence-corrected chi connectivity index (χ2v) is 9.19. The van der Waals surface area contributed by atoms with Gasteiger partial charge in [-0.05, 0) is 30.7 Å². The van der Waals surface area contributed by atoms with Gasteiger partial charge < -0.3 is 25.1 Å². The molecule has 3 N–H and O–H groups in total. The number of carbonyl (C=O) groups is 1. The van der Waals surface area contributed by atoms with Gasteiger partial charge in [0.15, 0.2) is 12.5 Å². The van der Waals surface area contributed by atoms with E-state index in [2.05, 4.69) is 31.4 Å². The van der Waals surface area contributed by atoms with Gasteiger partial charge in [-0.3, -0.25) is 4.79 Å². The SMILES string of the molecule is O=C(CO/N=C1/C(c2c(O)[nH]c3ccc(Br)cc23)=Nc2ccccc21)N1C[C@H]2C[C@@H]1CN2. The zero-order valence-corrected chi connectivity index (χ0v) is 18.6. The van der Waals surface area contributed by atoms with Crippen molar-refractivity contribution in [2.45, 2.75) is 18.5 Å². The minimum absolute atomic E-state index is 0.00836. The molecule has 0 spiro atoms. The molecule has 6 rings (SSSR count). The molecule has 1 aromatic heterocycles. The molecule has 0 radical (unpaired) electrons. The van der Waals surface area contributed by atoms with Crippen molar-refractivity contribution in [2.75, 3.05) is 19.7 Å². The molecule has 2 saturated heterocycles. The molecule has 3 aliphatic rings. The molecule has 0 aliphatic carbocycles. The van der Waals surface area contributed by atoms with Crippen LogP contribution in [-0.4, -0.2) is 64.1 Å². The normalized spacial score (nSPS) is 22.6. The van der Waals surface area contributed by atoms with Crippen LogP contribution in [0.15, 0.2) is 57.1 Å². The third kappa shape index (κ3) is 3.11. The van der Waals surface area contributed by atoms with Gasteiger partial charge in [0.05, 0.1) is 11.3 Å². The monoisotopic (exact) mass is 493 g/mol. The second-order valence-electron chi connectivity index (χ2n) is 8.27. The lowest BCUT2D eigenvalue weighted by Crippen LogP contribution is -2.47. The fourth-order valence-electron chi connectivity index (χ4n) is 4.83. The maximum Gasteiger partial charge on any atom is 0.263 e. The van der Waals surface area contributed by atoms with E-state index in [1.54, 1.807) is 0 Å². The Balaban J connectivity index is 1.33.